The van der Waals surface area contributed by atoms with Crippen LogP contribution in [0.1, 0.15) is 6.92 Å². The van der Waals surface area contributed by atoms with Crippen molar-refractivity contribution in [2.75, 3.05) is 0 Å². The molecule has 0 aliphatic rings. The van der Waals surface area contributed by atoms with E-state index in [0.717, 1.165) is 6.08 Å². The lowest BCUT2D eigenvalue weighted by Crippen LogP contribution is -1.91. The third kappa shape index (κ3) is 3.56. The number of rotatable bonds is 3. The van der Waals surface area contributed by atoms with Crippen LogP contribution in [0.5, 0.6) is 0 Å². The molecule has 0 saturated heterocycles. The lowest BCUT2D eigenvalue weighted by Gasteiger charge is -2.12. The third-order valence-electron chi connectivity index (χ3n) is 1.21. The molecule has 0 radical (unpaired) electrons. The average Bonchev–Trinajstić information content (AvgIpc) is 1.80. The molecule has 0 rings (SSSR count). The van der Waals surface area contributed by atoms with Gasteiger partial charge in [-0.1, -0.05) is 12.7 Å². The van der Waals surface area contributed by atoms with Crippen LogP contribution in [0.25, 0.3) is 0 Å². The fourth-order valence-electron chi connectivity index (χ4n) is 0.720. The van der Waals surface area contributed by atoms with Crippen molar-refractivity contribution >= 4 is 15.2 Å². The molecule has 0 bridgehead atoms. The van der Waals surface area contributed by atoms with Crippen LogP contribution in [-0.4, -0.2) is 19.6 Å². The molecule has 0 fully saturated rings. The average molecular weight is 228 g/mol. The van der Waals surface area contributed by atoms with E-state index in [1.807, 2.05) is 0 Å². The normalized spacial score (nSPS) is 12.4. The Kier molecular flexibility index (Phi) is 3.82. The Hall–Kier alpha value is -0.220. The van der Waals surface area contributed by atoms with Gasteiger partial charge in [0.2, 0.25) is 0 Å². The van der Waals surface area contributed by atoms with Crippen LogP contribution in [0.4, 0.5) is 0 Å². The van der Waals surface area contributed by atoms with Gasteiger partial charge in [0.15, 0.2) is 5.06 Å². The first kappa shape index (κ1) is 12.8. The minimum absolute atomic E-state index is 0.207. The number of hydrogen-bond donors (Lipinski definition) is 4. The molecule has 76 valence electrons. The fraction of sp³-hybridized carbons (Fsp3) is 0.200. The Balaban J connectivity index is 5.67. The van der Waals surface area contributed by atoms with Gasteiger partial charge in [-0.05, 0) is 12.5 Å². The largest absolute Gasteiger partial charge is 0.364 e. The lowest BCUT2D eigenvalue weighted by molar-refractivity contribution is 0.367. The van der Waals surface area contributed by atoms with Crippen molar-refractivity contribution in [1.29, 1.82) is 0 Å². The maximum atomic E-state index is 10.7. The van der Waals surface area contributed by atoms with Crippen LogP contribution < -0.4 is 0 Å². The van der Waals surface area contributed by atoms with Gasteiger partial charge < -0.3 is 19.6 Å². The van der Waals surface area contributed by atoms with E-state index in [4.69, 9.17) is 19.6 Å². The first-order valence-electron chi connectivity index (χ1n) is 3.06. The first-order chi connectivity index (χ1) is 5.60. The van der Waals surface area contributed by atoms with Crippen LogP contribution in [-0.2, 0) is 9.13 Å². The zero-order valence-corrected chi connectivity index (χ0v) is 8.57. The highest BCUT2D eigenvalue weighted by Gasteiger charge is 2.37. The van der Waals surface area contributed by atoms with Crippen LogP contribution >= 0.6 is 15.2 Å². The standard InChI is InChI=1S/C5H10O6P2/c1-3-4(2)5(12(6,7)8)13(9,10)11/h3H,1H2,2H3,(H2,6,7,8)(H2,9,10,11). The monoisotopic (exact) mass is 228 g/mol. The van der Waals surface area contributed by atoms with E-state index in [0.29, 0.717) is 0 Å². The highest BCUT2D eigenvalue weighted by atomic mass is 31.2. The van der Waals surface area contributed by atoms with E-state index in [2.05, 4.69) is 6.58 Å². The van der Waals surface area contributed by atoms with Gasteiger partial charge in [0, 0.05) is 0 Å². The Morgan fingerprint density at radius 3 is 1.54 bits per heavy atom. The van der Waals surface area contributed by atoms with Crippen molar-refractivity contribution in [2.45, 2.75) is 6.92 Å². The molecule has 0 aliphatic carbocycles. The molecule has 0 aliphatic heterocycles. The summed E-state index contributed by atoms with van der Waals surface area (Å²) in [6.45, 7) is 4.33. The van der Waals surface area contributed by atoms with Gasteiger partial charge in [0.05, 0.1) is 0 Å². The van der Waals surface area contributed by atoms with Gasteiger partial charge in [-0.2, -0.15) is 0 Å². The van der Waals surface area contributed by atoms with Crippen molar-refractivity contribution in [2.24, 2.45) is 0 Å². The minimum atomic E-state index is -4.92. The maximum absolute atomic E-state index is 10.7. The van der Waals surface area contributed by atoms with E-state index >= 15 is 0 Å². The molecule has 0 heterocycles. The van der Waals surface area contributed by atoms with E-state index in [1.54, 1.807) is 0 Å². The summed E-state index contributed by atoms with van der Waals surface area (Å²) in [5, 5.41) is -1.17. The van der Waals surface area contributed by atoms with Gasteiger partial charge in [0.25, 0.3) is 0 Å². The van der Waals surface area contributed by atoms with E-state index in [9.17, 15) is 9.13 Å². The lowest BCUT2D eigenvalue weighted by atomic mass is 10.4. The second-order valence-corrected chi connectivity index (χ2v) is 5.72. The summed E-state index contributed by atoms with van der Waals surface area (Å²) in [7, 11) is -9.85. The van der Waals surface area contributed by atoms with Crippen molar-refractivity contribution in [3.8, 4) is 0 Å². The molecule has 0 unspecified atom stereocenters. The molecule has 6 nitrogen and oxygen atoms in total. The summed E-state index contributed by atoms with van der Waals surface area (Å²) >= 11 is 0. The third-order valence-corrected chi connectivity index (χ3v) is 4.58. The highest BCUT2D eigenvalue weighted by molar-refractivity contribution is 7.77. The number of allylic oxidation sites excluding steroid dienone is 2. The summed E-state index contributed by atoms with van der Waals surface area (Å²) in [4.78, 5) is 34.5. The van der Waals surface area contributed by atoms with Gasteiger partial charge >= 0.3 is 15.2 Å². The zero-order chi connectivity index (χ0) is 10.9. The topological polar surface area (TPSA) is 115 Å². The summed E-state index contributed by atoms with van der Waals surface area (Å²) in [6, 6.07) is 0. The smallest absolute Gasteiger partial charge is 0.321 e. The van der Waals surface area contributed by atoms with Crippen molar-refractivity contribution in [1.82, 2.24) is 0 Å². The molecule has 13 heavy (non-hydrogen) atoms. The molecule has 0 amide bonds. The van der Waals surface area contributed by atoms with Gasteiger partial charge in [0.1, 0.15) is 0 Å². The van der Waals surface area contributed by atoms with Crippen LogP contribution in [0.3, 0.4) is 0 Å². The Morgan fingerprint density at radius 2 is 1.46 bits per heavy atom. The van der Waals surface area contributed by atoms with Crippen LogP contribution in [0, 0.1) is 0 Å². The van der Waals surface area contributed by atoms with Crippen molar-refractivity contribution in [3.63, 3.8) is 0 Å². The Labute approximate surface area is 74.9 Å². The Morgan fingerprint density at radius 1 is 1.15 bits per heavy atom. The van der Waals surface area contributed by atoms with Crippen LogP contribution in [0.2, 0.25) is 0 Å². The second-order valence-electron chi connectivity index (χ2n) is 2.30. The molecule has 0 spiro atoms. The molecule has 0 aromatic rings. The summed E-state index contributed by atoms with van der Waals surface area (Å²) < 4.78 is 21.4. The minimum Gasteiger partial charge on any atom is -0.321 e. The molecular formula is C5H10O6P2. The SMILES string of the molecule is C=CC(C)=C(P(=O)(O)O)P(=O)(O)O. The van der Waals surface area contributed by atoms with Crippen molar-refractivity contribution in [3.05, 3.63) is 23.3 Å². The zero-order valence-electron chi connectivity index (χ0n) is 6.78. The van der Waals surface area contributed by atoms with Gasteiger partial charge in [-0.25, -0.2) is 0 Å². The Bertz CT molecular complexity index is 307. The predicted molar refractivity (Wildman–Crippen MR) is 47.0 cm³/mol. The molecule has 0 saturated carbocycles. The summed E-state index contributed by atoms with van der Waals surface area (Å²) in [5.41, 5.74) is -0.207. The predicted octanol–water partition coefficient (Wildman–Crippen LogP) is 0.759. The van der Waals surface area contributed by atoms with Gasteiger partial charge in [-0.15, -0.1) is 0 Å². The molecule has 0 aromatic carbocycles. The first-order valence-corrected chi connectivity index (χ1v) is 6.28. The molecule has 0 atom stereocenters. The molecule has 0 aromatic heterocycles. The maximum Gasteiger partial charge on any atom is 0.364 e. The highest BCUT2D eigenvalue weighted by Crippen LogP contribution is 2.65. The van der Waals surface area contributed by atoms with Crippen molar-refractivity contribution < 1.29 is 28.7 Å². The quantitative estimate of drug-likeness (QED) is 0.418. The van der Waals surface area contributed by atoms with Gasteiger partial charge in [-0.3, -0.25) is 9.13 Å². The fourth-order valence-corrected chi connectivity index (χ4v) is 3.18. The molecule has 8 heteroatoms. The summed E-state index contributed by atoms with van der Waals surface area (Å²) in [5.74, 6) is 0. The molecular weight excluding hydrogens is 218 g/mol. The summed E-state index contributed by atoms with van der Waals surface area (Å²) in [6.07, 6.45) is 0.980. The van der Waals surface area contributed by atoms with Crippen LogP contribution in [0.15, 0.2) is 23.3 Å². The van der Waals surface area contributed by atoms with E-state index in [1.165, 1.54) is 6.92 Å². The van der Waals surface area contributed by atoms with E-state index in [-0.39, 0.29) is 5.57 Å². The number of hydrogen-bond acceptors (Lipinski definition) is 2. The van der Waals surface area contributed by atoms with E-state index < -0.39 is 20.2 Å². The second kappa shape index (κ2) is 3.88. The molecule has 4 N–H and O–H groups in total.